The molecule has 2 N–H and O–H groups in total. The van der Waals surface area contributed by atoms with E-state index in [1.165, 1.54) is 6.33 Å². The first-order chi connectivity index (χ1) is 12.7. The van der Waals surface area contributed by atoms with Crippen molar-refractivity contribution in [2.24, 2.45) is 12.0 Å². The number of hydrogen-bond donors (Lipinski definition) is 2. The van der Waals surface area contributed by atoms with Gasteiger partial charge >= 0.3 is 0 Å². The summed E-state index contributed by atoms with van der Waals surface area (Å²) in [5.41, 5.74) is 2.09. The molecule has 0 aliphatic carbocycles. The first-order valence-electron chi connectivity index (χ1n) is 8.44. The first-order valence-corrected chi connectivity index (χ1v) is 8.44. The van der Waals surface area contributed by atoms with Crippen LogP contribution in [0.15, 0.2) is 41.9 Å². The molecule has 144 valence electrons. The number of halogens is 1. The lowest BCUT2D eigenvalue weighted by Crippen LogP contribution is -2.39. The average molecular weight is 481 g/mol. The van der Waals surface area contributed by atoms with Gasteiger partial charge in [-0.2, -0.15) is 10.2 Å². The summed E-state index contributed by atoms with van der Waals surface area (Å²) in [5.74, 6) is 2.45. The minimum atomic E-state index is 0. The van der Waals surface area contributed by atoms with Crippen LogP contribution in [0.5, 0.6) is 0 Å². The highest BCUT2D eigenvalue weighted by Gasteiger charge is 2.10. The fourth-order valence-corrected chi connectivity index (χ4v) is 2.55. The molecular weight excluding hydrogens is 457 g/mol. The van der Waals surface area contributed by atoms with Gasteiger partial charge in [-0.15, -0.1) is 24.0 Å². The fourth-order valence-electron chi connectivity index (χ4n) is 2.55. The van der Waals surface area contributed by atoms with E-state index in [1.54, 1.807) is 11.0 Å². The zero-order valence-electron chi connectivity index (χ0n) is 15.6. The zero-order chi connectivity index (χ0) is 18.4. The van der Waals surface area contributed by atoms with Gasteiger partial charge in [0.15, 0.2) is 11.8 Å². The minimum Gasteiger partial charge on any atom is -0.357 e. The molecule has 1 aromatic carbocycles. The number of hydrogen-bond acceptors (Lipinski definition) is 5. The third-order valence-corrected chi connectivity index (χ3v) is 3.91. The van der Waals surface area contributed by atoms with E-state index in [0.29, 0.717) is 13.1 Å². The van der Waals surface area contributed by atoms with Gasteiger partial charge in [0.25, 0.3) is 0 Å². The third-order valence-electron chi connectivity index (χ3n) is 3.91. The van der Waals surface area contributed by atoms with Gasteiger partial charge in [-0.1, -0.05) is 18.2 Å². The summed E-state index contributed by atoms with van der Waals surface area (Å²) in [6.07, 6.45) is 3.06. The monoisotopic (exact) mass is 481 g/mol. The smallest absolute Gasteiger partial charge is 0.194 e. The Hall–Kier alpha value is -2.50. The topological polar surface area (TPSA) is 99.9 Å². The molecule has 0 bridgehead atoms. The van der Waals surface area contributed by atoms with Crippen molar-refractivity contribution in [3.8, 4) is 11.4 Å². The van der Waals surface area contributed by atoms with E-state index < -0.39 is 0 Å². The zero-order valence-corrected chi connectivity index (χ0v) is 18.0. The predicted molar refractivity (Wildman–Crippen MR) is 115 cm³/mol. The van der Waals surface area contributed by atoms with E-state index in [2.05, 4.69) is 49.6 Å². The predicted octanol–water partition coefficient (Wildman–Crippen LogP) is 1.82. The van der Waals surface area contributed by atoms with Gasteiger partial charge < -0.3 is 10.2 Å². The van der Waals surface area contributed by atoms with E-state index in [1.807, 2.05) is 31.1 Å². The van der Waals surface area contributed by atoms with Crippen molar-refractivity contribution in [3.63, 3.8) is 0 Å². The summed E-state index contributed by atoms with van der Waals surface area (Å²) in [6, 6.07) is 8.11. The number of aliphatic imine (C=N–C) groups is 1. The maximum absolute atomic E-state index is 4.74. The molecular formula is C17H24IN9. The molecule has 0 unspecified atom stereocenters. The van der Waals surface area contributed by atoms with E-state index in [4.69, 9.17) is 4.99 Å². The number of nitrogens with one attached hydrogen (secondary N) is 2. The molecule has 0 radical (unpaired) electrons. The minimum absolute atomic E-state index is 0. The van der Waals surface area contributed by atoms with E-state index in [0.717, 1.165) is 35.3 Å². The molecule has 0 fully saturated rings. The van der Waals surface area contributed by atoms with Crippen LogP contribution in [0.4, 0.5) is 0 Å². The van der Waals surface area contributed by atoms with Crippen LogP contribution < -0.4 is 5.32 Å². The van der Waals surface area contributed by atoms with Crippen molar-refractivity contribution in [1.29, 1.82) is 0 Å². The van der Waals surface area contributed by atoms with E-state index >= 15 is 0 Å². The number of aromatic amines is 1. The van der Waals surface area contributed by atoms with Gasteiger partial charge in [0, 0.05) is 26.2 Å². The number of guanidine groups is 1. The van der Waals surface area contributed by atoms with Gasteiger partial charge in [0.1, 0.15) is 18.5 Å². The molecule has 0 aliphatic heterocycles. The Morgan fingerprint density at radius 1 is 1.30 bits per heavy atom. The van der Waals surface area contributed by atoms with Crippen LogP contribution in [-0.2, 0) is 20.1 Å². The van der Waals surface area contributed by atoms with Gasteiger partial charge in [-0.25, -0.2) is 15.0 Å². The summed E-state index contributed by atoms with van der Waals surface area (Å²) < 4.78 is 1.76. The van der Waals surface area contributed by atoms with Crippen LogP contribution >= 0.6 is 24.0 Å². The van der Waals surface area contributed by atoms with Crippen molar-refractivity contribution in [1.82, 2.24) is 40.2 Å². The Labute approximate surface area is 175 Å². The quantitative estimate of drug-likeness (QED) is 0.317. The van der Waals surface area contributed by atoms with Crippen LogP contribution in [0.2, 0.25) is 0 Å². The second kappa shape index (κ2) is 10.00. The molecule has 0 spiro atoms. The Balaban J connectivity index is 0.00000261. The van der Waals surface area contributed by atoms with Crippen molar-refractivity contribution in [2.75, 3.05) is 13.6 Å². The van der Waals surface area contributed by atoms with E-state index in [-0.39, 0.29) is 24.0 Å². The second-order valence-corrected chi connectivity index (χ2v) is 5.86. The largest absolute Gasteiger partial charge is 0.357 e. The number of aryl methyl sites for hydroxylation is 1. The lowest BCUT2D eigenvalue weighted by atomic mass is 10.1. The highest BCUT2D eigenvalue weighted by atomic mass is 127. The highest BCUT2D eigenvalue weighted by Crippen LogP contribution is 2.16. The maximum Gasteiger partial charge on any atom is 0.194 e. The molecule has 0 aliphatic rings. The summed E-state index contributed by atoms with van der Waals surface area (Å²) in [4.78, 5) is 15.2. The standard InChI is InChI=1S/C17H23N9.HI/c1-4-18-17(25(2)10-15-20-12-23-26(15)3)19-9-13-6-5-7-14(8-13)16-21-11-22-24-16;/h5-8,11-12H,4,9-10H2,1-3H3,(H,18,19)(H,21,22,24);1H. The Morgan fingerprint density at radius 3 is 2.81 bits per heavy atom. The lowest BCUT2D eigenvalue weighted by molar-refractivity contribution is 0.448. The maximum atomic E-state index is 4.74. The number of H-pyrrole nitrogens is 1. The summed E-state index contributed by atoms with van der Waals surface area (Å²) in [6.45, 7) is 4.03. The second-order valence-electron chi connectivity index (χ2n) is 5.86. The van der Waals surface area contributed by atoms with Crippen LogP contribution in [0.25, 0.3) is 11.4 Å². The van der Waals surface area contributed by atoms with Crippen LogP contribution in [0.3, 0.4) is 0 Å². The molecule has 2 aromatic heterocycles. The van der Waals surface area contributed by atoms with Crippen molar-refractivity contribution >= 4 is 29.9 Å². The molecule has 0 amide bonds. The van der Waals surface area contributed by atoms with Gasteiger partial charge in [-0.05, 0) is 18.6 Å². The Kier molecular flexibility index (Phi) is 7.70. The Morgan fingerprint density at radius 2 is 2.15 bits per heavy atom. The lowest BCUT2D eigenvalue weighted by Gasteiger charge is -2.21. The highest BCUT2D eigenvalue weighted by molar-refractivity contribution is 14.0. The fraction of sp³-hybridized carbons (Fsp3) is 0.353. The Bertz CT molecular complexity index is 857. The molecule has 10 heteroatoms. The first kappa shape index (κ1) is 20.8. The van der Waals surface area contributed by atoms with Crippen molar-refractivity contribution in [3.05, 3.63) is 48.3 Å². The molecule has 0 atom stereocenters. The van der Waals surface area contributed by atoms with Crippen LogP contribution in [0, 0.1) is 0 Å². The van der Waals surface area contributed by atoms with Crippen LogP contribution in [-0.4, -0.2) is 54.4 Å². The molecule has 0 saturated heterocycles. The molecule has 2 heterocycles. The normalized spacial score (nSPS) is 11.1. The summed E-state index contributed by atoms with van der Waals surface area (Å²) >= 11 is 0. The molecule has 3 rings (SSSR count). The summed E-state index contributed by atoms with van der Waals surface area (Å²) in [7, 11) is 3.87. The molecule has 0 saturated carbocycles. The molecule has 9 nitrogen and oxygen atoms in total. The van der Waals surface area contributed by atoms with Gasteiger partial charge in [0.05, 0.1) is 13.1 Å². The number of rotatable bonds is 6. The molecule has 27 heavy (non-hydrogen) atoms. The number of nitrogens with zero attached hydrogens (tertiary/aromatic N) is 7. The van der Waals surface area contributed by atoms with Gasteiger partial charge in [-0.3, -0.25) is 9.78 Å². The number of benzene rings is 1. The summed E-state index contributed by atoms with van der Waals surface area (Å²) in [5, 5.41) is 14.2. The van der Waals surface area contributed by atoms with Crippen molar-refractivity contribution < 1.29 is 0 Å². The third kappa shape index (κ3) is 5.49. The molecule has 3 aromatic rings. The number of aromatic nitrogens is 6. The van der Waals surface area contributed by atoms with Crippen LogP contribution in [0.1, 0.15) is 18.3 Å². The SMILES string of the molecule is CCNC(=NCc1cccc(-c2ncn[nH]2)c1)N(C)Cc1ncnn1C.I. The van der Waals surface area contributed by atoms with Gasteiger partial charge in [0.2, 0.25) is 0 Å². The average Bonchev–Trinajstić information content (AvgIpc) is 3.31. The van der Waals surface area contributed by atoms with Crippen molar-refractivity contribution in [2.45, 2.75) is 20.0 Å². The van der Waals surface area contributed by atoms with E-state index in [9.17, 15) is 0 Å².